The Bertz CT molecular complexity index is 1200. The average Bonchev–Trinajstić information content (AvgIpc) is 2.70. The zero-order chi connectivity index (χ0) is 19.5. The molecule has 0 aliphatic carbocycles. The van der Waals surface area contributed by atoms with Crippen molar-refractivity contribution >= 4 is 34.5 Å². The van der Waals surface area contributed by atoms with Crippen LogP contribution in [0.4, 0.5) is 4.39 Å². The fourth-order valence-corrected chi connectivity index (χ4v) is 3.87. The van der Waals surface area contributed by atoms with Crippen LogP contribution < -0.4 is 5.56 Å². The number of hydrogen-bond acceptors (Lipinski definition) is 5. The lowest BCUT2D eigenvalue weighted by Gasteiger charge is -2.12. The van der Waals surface area contributed by atoms with Crippen molar-refractivity contribution in [2.24, 2.45) is 0 Å². The molecule has 2 aromatic heterocycles. The van der Waals surface area contributed by atoms with E-state index < -0.39 is 0 Å². The van der Waals surface area contributed by atoms with Crippen molar-refractivity contribution in [1.29, 1.82) is 0 Å². The quantitative estimate of drug-likeness (QED) is 0.361. The summed E-state index contributed by atoms with van der Waals surface area (Å²) in [6.45, 7) is 0.260. The number of thioether (sulfide) groups is 1. The van der Waals surface area contributed by atoms with E-state index in [2.05, 4.69) is 15.0 Å². The molecule has 0 saturated heterocycles. The van der Waals surface area contributed by atoms with E-state index in [9.17, 15) is 9.18 Å². The van der Waals surface area contributed by atoms with Crippen molar-refractivity contribution in [1.82, 2.24) is 19.5 Å². The van der Waals surface area contributed by atoms with Crippen LogP contribution in [-0.4, -0.2) is 19.5 Å². The zero-order valence-corrected chi connectivity index (χ0v) is 16.1. The summed E-state index contributed by atoms with van der Waals surface area (Å²) < 4.78 is 14.8. The van der Waals surface area contributed by atoms with Crippen LogP contribution in [0, 0.1) is 5.82 Å². The predicted octanol–water partition coefficient (Wildman–Crippen LogP) is 4.32. The SMILES string of the molecule is O=c1c2nccnc2nc(SCc2cccc(Cl)c2)n1Cc1ccc(F)cc1. The minimum atomic E-state index is -0.325. The van der Waals surface area contributed by atoms with Crippen molar-refractivity contribution in [2.45, 2.75) is 17.5 Å². The number of nitrogens with zero attached hydrogens (tertiary/aromatic N) is 4. The van der Waals surface area contributed by atoms with Crippen molar-refractivity contribution < 1.29 is 4.39 Å². The van der Waals surface area contributed by atoms with Gasteiger partial charge >= 0.3 is 0 Å². The number of halogens is 2. The molecule has 4 rings (SSSR count). The molecule has 2 heterocycles. The van der Waals surface area contributed by atoms with E-state index in [1.807, 2.05) is 24.3 Å². The fourth-order valence-electron chi connectivity index (χ4n) is 2.73. The first-order valence-corrected chi connectivity index (χ1v) is 9.80. The molecule has 28 heavy (non-hydrogen) atoms. The highest BCUT2D eigenvalue weighted by Crippen LogP contribution is 2.23. The molecule has 5 nitrogen and oxygen atoms in total. The maximum Gasteiger partial charge on any atom is 0.282 e. The molecule has 2 aromatic carbocycles. The molecule has 0 radical (unpaired) electrons. The molecule has 0 atom stereocenters. The van der Waals surface area contributed by atoms with Gasteiger partial charge in [-0.3, -0.25) is 9.36 Å². The summed E-state index contributed by atoms with van der Waals surface area (Å²) in [6.07, 6.45) is 2.97. The van der Waals surface area contributed by atoms with E-state index in [4.69, 9.17) is 11.6 Å². The molecular formula is C20H14ClFN4OS. The van der Waals surface area contributed by atoms with Crippen molar-refractivity contribution in [3.8, 4) is 0 Å². The molecule has 0 aliphatic heterocycles. The highest BCUT2D eigenvalue weighted by Gasteiger charge is 2.14. The smallest absolute Gasteiger partial charge is 0.281 e. The zero-order valence-electron chi connectivity index (χ0n) is 14.5. The van der Waals surface area contributed by atoms with Crippen LogP contribution in [0.5, 0.6) is 0 Å². The second-order valence-corrected chi connectivity index (χ2v) is 7.44. The molecule has 140 valence electrons. The van der Waals surface area contributed by atoms with E-state index in [1.54, 1.807) is 16.7 Å². The minimum Gasteiger partial charge on any atom is -0.281 e. The Hall–Kier alpha value is -2.77. The van der Waals surface area contributed by atoms with Crippen molar-refractivity contribution in [2.75, 3.05) is 0 Å². The maximum absolute atomic E-state index is 13.2. The molecule has 0 aliphatic rings. The molecule has 0 spiro atoms. The van der Waals surface area contributed by atoms with Gasteiger partial charge in [0.2, 0.25) is 0 Å². The molecule has 0 amide bonds. The highest BCUT2D eigenvalue weighted by molar-refractivity contribution is 7.98. The van der Waals surface area contributed by atoms with Crippen LogP contribution in [0.1, 0.15) is 11.1 Å². The Kier molecular flexibility index (Phi) is 5.36. The van der Waals surface area contributed by atoms with Crippen LogP contribution >= 0.6 is 23.4 Å². The monoisotopic (exact) mass is 412 g/mol. The third kappa shape index (κ3) is 4.05. The number of benzene rings is 2. The highest BCUT2D eigenvalue weighted by atomic mass is 35.5. The molecule has 0 unspecified atom stereocenters. The molecule has 0 fully saturated rings. The minimum absolute atomic E-state index is 0.205. The summed E-state index contributed by atoms with van der Waals surface area (Å²) in [7, 11) is 0. The summed E-state index contributed by atoms with van der Waals surface area (Å²) in [5, 5.41) is 1.17. The molecule has 0 N–H and O–H groups in total. The van der Waals surface area contributed by atoms with Gasteiger partial charge in [0.05, 0.1) is 6.54 Å². The van der Waals surface area contributed by atoms with Crippen LogP contribution in [0.3, 0.4) is 0 Å². The van der Waals surface area contributed by atoms with Gasteiger partial charge in [0.25, 0.3) is 5.56 Å². The van der Waals surface area contributed by atoms with E-state index in [0.717, 1.165) is 11.1 Å². The first-order chi connectivity index (χ1) is 13.6. The van der Waals surface area contributed by atoms with Crippen LogP contribution in [0.2, 0.25) is 5.02 Å². The fraction of sp³-hybridized carbons (Fsp3) is 0.100. The normalized spacial score (nSPS) is 11.1. The van der Waals surface area contributed by atoms with Gasteiger partial charge in [-0.25, -0.2) is 19.3 Å². The van der Waals surface area contributed by atoms with Gasteiger partial charge in [-0.05, 0) is 35.4 Å². The number of aromatic nitrogens is 4. The van der Waals surface area contributed by atoms with E-state index in [0.29, 0.717) is 21.6 Å². The van der Waals surface area contributed by atoms with Gasteiger partial charge in [0.15, 0.2) is 16.3 Å². The first kappa shape index (κ1) is 18.6. The van der Waals surface area contributed by atoms with E-state index in [1.165, 1.54) is 36.3 Å². The largest absolute Gasteiger partial charge is 0.282 e. The van der Waals surface area contributed by atoms with Crippen LogP contribution in [-0.2, 0) is 12.3 Å². The standard InChI is InChI=1S/C20H14ClFN4OS/c21-15-3-1-2-14(10-15)12-28-20-25-18-17(23-8-9-24-18)19(27)26(20)11-13-4-6-16(22)7-5-13/h1-10H,11-12H2. The Morgan fingerprint density at radius 1 is 1.04 bits per heavy atom. The lowest BCUT2D eigenvalue weighted by atomic mass is 10.2. The molecule has 0 saturated carbocycles. The number of rotatable bonds is 5. The number of fused-ring (bicyclic) bond motifs is 1. The van der Waals surface area contributed by atoms with Crippen molar-refractivity contribution in [3.05, 3.63) is 93.2 Å². The van der Waals surface area contributed by atoms with Gasteiger partial charge in [-0.1, -0.05) is 47.6 Å². The lowest BCUT2D eigenvalue weighted by Crippen LogP contribution is -2.25. The molecule has 4 aromatic rings. The summed E-state index contributed by atoms with van der Waals surface area (Å²) in [6, 6.07) is 13.6. The Morgan fingerprint density at radius 2 is 1.82 bits per heavy atom. The topological polar surface area (TPSA) is 60.7 Å². The maximum atomic E-state index is 13.2. The van der Waals surface area contributed by atoms with Crippen LogP contribution in [0.15, 0.2) is 70.9 Å². The predicted molar refractivity (Wildman–Crippen MR) is 108 cm³/mol. The Balaban J connectivity index is 1.74. The van der Waals surface area contributed by atoms with Crippen LogP contribution in [0.25, 0.3) is 11.2 Å². The lowest BCUT2D eigenvalue weighted by molar-refractivity contribution is 0.622. The third-order valence-corrected chi connectivity index (χ3v) is 5.35. The average molecular weight is 413 g/mol. The third-order valence-electron chi connectivity index (χ3n) is 4.07. The molecular weight excluding hydrogens is 399 g/mol. The van der Waals surface area contributed by atoms with Crippen molar-refractivity contribution in [3.63, 3.8) is 0 Å². The van der Waals surface area contributed by atoms with E-state index >= 15 is 0 Å². The number of hydrogen-bond donors (Lipinski definition) is 0. The van der Waals surface area contributed by atoms with Gasteiger partial charge in [-0.2, -0.15) is 0 Å². The summed E-state index contributed by atoms with van der Waals surface area (Å²) in [4.78, 5) is 25.8. The molecule has 0 bridgehead atoms. The second-order valence-electron chi connectivity index (χ2n) is 6.06. The summed E-state index contributed by atoms with van der Waals surface area (Å²) in [5.41, 5.74) is 2.03. The summed E-state index contributed by atoms with van der Waals surface area (Å²) >= 11 is 7.46. The Labute approximate surface area is 169 Å². The summed E-state index contributed by atoms with van der Waals surface area (Å²) in [5.74, 6) is 0.261. The van der Waals surface area contributed by atoms with Gasteiger partial charge in [0.1, 0.15) is 5.82 Å². The van der Waals surface area contributed by atoms with E-state index in [-0.39, 0.29) is 23.4 Å². The second kappa shape index (κ2) is 8.08. The van der Waals surface area contributed by atoms with Gasteiger partial charge in [-0.15, -0.1) is 0 Å². The van der Waals surface area contributed by atoms with Gasteiger partial charge in [0, 0.05) is 23.2 Å². The molecule has 8 heteroatoms. The first-order valence-electron chi connectivity index (χ1n) is 8.43. The van der Waals surface area contributed by atoms with Gasteiger partial charge < -0.3 is 0 Å². The Morgan fingerprint density at radius 3 is 2.61 bits per heavy atom.